The number of hydrogen-bond donors (Lipinski definition) is 3. The fraction of sp³-hybridized carbons (Fsp3) is 0.360. The third kappa shape index (κ3) is 5.34. The van der Waals surface area contributed by atoms with Crippen LogP contribution in [0.25, 0.3) is 16.5 Å². The molecule has 0 bridgehead atoms. The van der Waals surface area contributed by atoms with Crippen LogP contribution in [0.3, 0.4) is 0 Å². The summed E-state index contributed by atoms with van der Waals surface area (Å²) < 4.78 is 28.8. The standard InChI is InChI=1S/C25H30N4O3S/c1-16(2)23-14-19-9-12-21(15-24(19)28-23)33(31,32)29-20-10-7-18(8-11-20)25(30)27-17(3)22-6-4-5-13-26-22/h4-6,9,12-15,17-18,20,28-29H,1,7-8,10-11H2,2-3H3,(H,27,30). The van der Waals surface area contributed by atoms with Gasteiger partial charge in [-0.15, -0.1) is 0 Å². The molecule has 0 aliphatic heterocycles. The molecular weight excluding hydrogens is 436 g/mol. The first-order valence-corrected chi connectivity index (χ1v) is 12.7. The number of carbonyl (C=O) groups is 1. The van der Waals surface area contributed by atoms with Crippen molar-refractivity contribution in [3.8, 4) is 0 Å². The monoisotopic (exact) mass is 466 g/mol. The second-order valence-corrected chi connectivity index (χ2v) is 10.6. The molecule has 1 saturated carbocycles. The molecule has 174 valence electrons. The number of rotatable bonds is 7. The Morgan fingerprint density at radius 3 is 2.58 bits per heavy atom. The second-order valence-electron chi connectivity index (χ2n) is 8.87. The first kappa shape index (κ1) is 23.2. The average molecular weight is 467 g/mol. The van der Waals surface area contributed by atoms with Gasteiger partial charge in [0.2, 0.25) is 15.9 Å². The summed E-state index contributed by atoms with van der Waals surface area (Å²) in [6.45, 7) is 7.74. The van der Waals surface area contributed by atoms with Crippen LogP contribution in [0.4, 0.5) is 0 Å². The summed E-state index contributed by atoms with van der Waals surface area (Å²) in [5.74, 6) is -0.118. The first-order valence-electron chi connectivity index (χ1n) is 11.3. The van der Waals surface area contributed by atoms with Crippen LogP contribution in [0, 0.1) is 5.92 Å². The highest BCUT2D eigenvalue weighted by molar-refractivity contribution is 7.89. The lowest BCUT2D eigenvalue weighted by atomic mass is 9.86. The molecule has 0 spiro atoms. The van der Waals surface area contributed by atoms with Gasteiger partial charge in [0.25, 0.3) is 0 Å². The Kier molecular flexibility index (Phi) is 6.67. The first-order chi connectivity index (χ1) is 15.7. The molecule has 1 aliphatic carbocycles. The van der Waals surface area contributed by atoms with E-state index in [9.17, 15) is 13.2 Å². The lowest BCUT2D eigenvalue weighted by molar-refractivity contribution is -0.126. The predicted molar refractivity (Wildman–Crippen MR) is 130 cm³/mol. The molecule has 3 N–H and O–H groups in total. The third-order valence-electron chi connectivity index (χ3n) is 6.27. The zero-order valence-corrected chi connectivity index (χ0v) is 19.8. The van der Waals surface area contributed by atoms with Gasteiger partial charge in [0.15, 0.2) is 0 Å². The number of fused-ring (bicyclic) bond motifs is 1. The number of hydrogen-bond acceptors (Lipinski definition) is 4. The SMILES string of the molecule is C=C(C)c1cc2ccc(S(=O)(=O)NC3CCC(C(=O)NC(C)c4ccccn4)CC3)cc2[nH]1. The van der Waals surface area contributed by atoms with E-state index in [2.05, 4.69) is 26.6 Å². The minimum absolute atomic E-state index is 0.0000249. The van der Waals surface area contributed by atoms with Gasteiger partial charge in [0, 0.05) is 34.8 Å². The molecule has 3 aromatic rings. The Bertz CT molecular complexity index is 1260. The Labute approximate surface area is 194 Å². The molecule has 2 aromatic heterocycles. The van der Waals surface area contributed by atoms with E-state index in [0.29, 0.717) is 25.7 Å². The molecule has 1 aromatic carbocycles. The van der Waals surface area contributed by atoms with Gasteiger partial charge in [0.1, 0.15) is 0 Å². The molecule has 1 aliphatic rings. The second kappa shape index (κ2) is 9.49. The molecule has 1 fully saturated rings. The fourth-order valence-corrected chi connectivity index (χ4v) is 5.63. The summed E-state index contributed by atoms with van der Waals surface area (Å²) in [5, 5.41) is 3.97. The molecule has 4 rings (SSSR count). The van der Waals surface area contributed by atoms with Gasteiger partial charge in [-0.1, -0.05) is 18.7 Å². The molecule has 33 heavy (non-hydrogen) atoms. The number of amides is 1. The van der Waals surface area contributed by atoms with E-state index in [-0.39, 0.29) is 28.8 Å². The molecule has 1 unspecified atom stereocenters. The number of aromatic amines is 1. The predicted octanol–water partition coefficient (Wildman–Crippen LogP) is 4.31. The molecule has 0 saturated heterocycles. The van der Waals surface area contributed by atoms with E-state index in [1.165, 1.54) is 0 Å². The number of nitrogens with zero attached hydrogens (tertiary/aromatic N) is 1. The van der Waals surface area contributed by atoms with Gasteiger partial charge < -0.3 is 10.3 Å². The van der Waals surface area contributed by atoms with Crippen molar-refractivity contribution in [2.24, 2.45) is 5.92 Å². The molecule has 1 amide bonds. The minimum Gasteiger partial charge on any atom is -0.355 e. The highest BCUT2D eigenvalue weighted by atomic mass is 32.2. The number of benzene rings is 1. The van der Waals surface area contributed by atoms with Crippen LogP contribution < -0.4 is 10.0 Å². The van der Waals surface area contributed by atoms with Crippen LogP contribution in [-0.2, 0) is 14.8 Å². The Balaban J connectivity index is 1.34. The van der Waals surface area contributed by atoms with Crippen LogP contribution >= 0.6 is 0 Å². The molecule has 1 atom stereocenters. The maximum atomic E-state index is 13.0. The molecule has 0 radical (unpaired) electrons. The van der Waals surface area contributed by atoms with Crippen LogP contribution in [-0.4, -0.2) is 30.3 Å². The van der Waals surface area contributed by atoms with Crippen molar-refractivity contribution in [2.75, 3.05) is 0 Å². The van der Waals surface area contributed by atoms with Crippen LogP contribution in [0.15, 0.2) is 60.1 Å². The summed E-state index contributed by atoms with van der Waals surface area (Å²) >= 11 is 0. The van der Waals surface area contributed by atoms with Gasteiger partial charge in [-0.3, -0.25) is 9.78 Å². The number of carbonyl (C=O) groups excluding carboxylic acids is 1. The quantitative estimate of drug-likeness (QED) is 0.483. The van der Waals surface area contributed by atoms with Crippen molar-refractivity contribution in [3.05, 3.63) is 66.6 Å². The van der Waals surface area contributed by atoms with Gasteiger partial charge >= 0.3 is 0 Å². The Morgan fingerprint density at radius 2 is 1.91 bits per heavy atom. The number of nitrogens with one attached hydrogen (secondary N) is 3. The van der Waals surface area contributed by atoms with Gasteiger partial charge in [-0.05, 0) is 75.4 Å². The van der Waals surface area contributed by atoms with Crippen molar-refractivity contribution in [1.82, 2.24) is 20.0 Å². The van der Waals surface area contributed by atoms with Gasteiger partial charge in [-0.25, -0.2) is 13.1 Å². The Hall–Kier alpha value is -2.97. The van der Waals surface area contributed by atoms with Crippen LogP contribution in [0.1, 0.15) is 57.0 Å². The van der Waals surface area contributed by atoms with Gasteiger partial charge in [-0.2, -0.15) is 0 Å². The minimum atomic E-state index is -3.66. The van der Waals surface area contributed by atoms with Crippen LogP contribution in [0.2, 0.25) is 0 Å². The molecule has 8 heteroatoms. The van der Waals surface area contributed by atoms with Crippen molar-refractivity contribution in [1.29, 1.82) is 0 Å². The highest BCUT2D eigenvalue weighted by Crippen LogP contribution is 2.28. The lowest BCUT2D eigenvalue weighted by Crippen LogP contribution is -2.41. The number of H-pyrrole nitrogens is 1. The fourth-order valence-electron chi connectivity index (χ4n) is 4.30. The van der Waals surface area contributed by atoms with E-state index < -0.39 is 10.0 Å². The van der Waals surface area contributed by atoms with Crippen molar-refractivity contribution in [2.45, 2.75) is 56.5 Å². The third-order valence-corrected chi connectivity index (χ3v) is 7.79. The van der Waals surface area contributed by atoms with E-state index in [1.807, 2.05) is 38.1 Å². The molecular formula is C25H30N4O3S. The molecule has 7 nitrogen and oxygen atoms in total. The summed E-state index contributed by atoms with van der Waals surface area (Å²) in [6.07, 6.45) is 4.25. The van der Waals surface area contributed by atoms with Crippen molar-refractivity contribution < 1.29 is 13.2 Å². The maximum absolute atomic E-state index is 13.0. The number of sulfonamides is 1. The van der Waals surface area contributed by atoms with Crippen LogP contribution in [0.5, 0.6) is 0 Å². The average Bonchev–Trinajstić information content (AvgIpc) is 3.24. The number of aromatic nitrogens is 2. The number of allylic oxidation sites excluding steroid dienone is 1. The lowest BCUT2D eigenvalue weighted by Gasteiger charge is -2.29. The maximum Gasteiger partial charge on any atom is 0.240 e. The Morgan fingerprint density at radius 1 is 1.15 bits per heavy atom. The summed E-state index contributed by atoms with van der Waals surface area (Å²) in [7, 11) is -3.66. The largest absolute Gasteiger partial charge is 0.355 e. The zero-order valence-electron chi connectivity index (χ0n) is 19.0. The van der Waals surface area contributed by atoms with Crippen molar-refractivity contribution >= 4 is 32.4 Å². The van der Waals surface area contributed by atoms with Crippen molar-refractivity contribution in [3.63, 3.8) is 0 Å². The normalized spacial score (nSPS) is 19.8. The zero-order chi connectivity index (χ0) is 23.6. The van der Waals surface area contributed by atoms with E-state index in [4.69, 9.17) is 0 Å². The van der Waals surface area contributed by atoms with E-state index in [0.717, 1.165) is 27.9 Å². The highest BCUT2D eigenvalue weighted by Gasteiger charge is 2.30. The van der Waals surface area contributed by atoms with Gasteiger partial charge in [0.05, 0.1) is 16.6 Å². The molecule has 2 heterocycles. The summed E-state index contributed by atoms with van der Waals surface area (Å²) in [6, 6.07) is 12.3. The van der Waals surface area contributed by atoms with E-state index >= 15 is 0 Å². The smallest absolute Gasteiger partial charge is 0.240 e. The van der Waals surface area contributed by atoms with E-state index in [1.54, 1.807) is 24.4 Å². The topological polar surface area (TPSA) is 104 Å². The summed E-state index contributed by atoms with van der Waals surface area (Å²) in [4.78, 5) is 20.4. The number of pyridine rings is 1. The summed E-state index contributed by atoms with van der Waals surface area (Å²) in [5.41, 5.74) is 3.37.